The fraction of sp³-hybridized carbons (Fsp3) is 0.562. The van der Waals surface area contributed by atoms with Crippen molar-refractivity contribution in [3.05, 3.63) is 28.3 Å². The number of benzene rings is 1. The lowest BCUT2D eigenvalue weighted by Gasteiger charge is -2.32. The van der Waals surface area contributed by atoms with Crippen LogP contribution in [0.4, 0.5) is 4.39 Å². The second kappa shape index (κ2) is 4.99. The second-order valence-corrected chi connectivity index (χ2v) is 6.88. The number of fused-ring (bicyclic) bond motifs is 1. The highest BCUT2D eigenvalue weighted by molar-refractivity contribution is 7.71. The Balaban J connectivity index is 2.13. The van der Waals surface area contributed by atoms with Gasteiger partial charge in [0.2, 0.25) is 0 Å². The lowest BCUT2D eigenvalue weighted by atomic mass is 9.80. The third-order valence-electron chi connectivity index (χ3n) is 4.52. The second-order valence-electron chi connectivity index (χ2n) is 6.49. The van der Waals surface area contributed by atoms with Crippen LogP contribution in [0, 0.1) is 29.3 Å². The minimum Gasteiger partial charge on any atom is -0.330 e. The van der Waals surface area contributed by atoms with Crippen molar-refractivity contribution in [2.45, 2.75) is 46.1 Å². The maximum absolute atomic E-state index is 13.7. The highest BCUT2D eigenvalue weighted by atomic mass is 32.1. The average molecular weight is 292 g/mol. The summed E-state index contributed by atoms with van der Waals surface area (Å²) < 4.78 is 16.6. The van der Waals surface area contributed by atoms with Crippen LogP contribution in [0.15, 0.2) is 12.1 Å². The molecule has 20 heavy (non-hydrogen) atoms. The number of H-pyrrole nitrogens is 1. The van der Waals surface area contributed by atoms with Gasteiger partial charge in [0.25, 0.3) is 0 Å². The highest BCUT2D eigenvalue weighted by Crippen LogP contribution is 2.37. The molecule has 1 heterocycles. The van der Waals surface area contributed by atoms with Crippen LogP contribution < -0.4 is 0 Å². The minimum absolute atomic E-state index is 0.175. The van der Waals surface area contributed by atoms with Gasteiger partial charge in [0.15, 0.2) is 4.77 Å². The van der Waals surface area contributed by atoms with Crippen LogP contribution >= 0.6 is 12.2 Å². The van der Waals surface area contributed by atoms with E-state index in [1.807, 2.05) is 6.07 Å². The van der Waals surface area contributed by atoms with Crippen LogP contribution in [-0.2, 0) is 0 Å². The molecule has 108 valence electrons. The zero-order chi connectivity index (χ0) is 14.4. The summed E-state index contributed by atoms with van der Waals surface area (Å²) >= 11 is 5.48. The summed E-state index contributed by atoms with van der Waals surface area (Å²) in [5.74, 6) is 1.26. The molecule has 0 saturated heterocycles. The molecule has 0 radical (unpaired) electrons. The van der Waals surface area contributed by atoms with E-state index in [2.05, 4.69) is 23.4 Å². The lowest BCUT2D eigenvalue weighted by Crippen LogP contribution is -2.22. The molecule has 1 aromatic carbocycles. The van der Waals surface area contributed by atoms with Gasteiger partial charge in [-0.2, -0.15) is 0 Å². The molecule has 1 fully saturated rings. The molecule has 3 rings (SSSR count). The topological polar surface area (TPSA) is 20.7 Å². The molecule has 2 unspecified atom stereocenters. The Hall–Kier alpha value is -1.16. The number of aryl methyl sites for hydroxylation is 1. The van der Waals surface area contributed by atoms with E-state index >= 15 is 0 Å². The third kappa shape index (κ3) is 2.30. The number of rotatable bonds is 1. The minimum atomic E-state index is -0.175. The van der Waals surface area contributed by atoms with Crippen molar-refractivity contribution in [1.82, 2.24) is 9.55 Å². The van der Waals surface area contributed by atoms with Crippen molar-refractivity contribution >= 4 is 23.3 Å². The van der Waals surface area contributed by atoms with Crippen molar-refractivity contribution in [2.75, 3.05) is 0 Å². The summed E-state index contributed by atoms with van der Waals surface area (Å²) in [5, 5.41) is 0. The van der Waals surface area contributed by atoms with Crippen molar-refractivity contribution in [1.29, 1.82) is 0 Å². The first-order valence-corrected chi connectivity index (χ1v) is 7.77. The fourth-order valence-electron chi connectivity index (χ4n) is 3.73. The van der Waals surface area contributed by atoms with Crippen molar-refractivity contribution in [3.8, 4) is 0 Å². The molecule has 1 aliphatic carbocycles. The van der Waals surface area contributed by atoms with E-state index in [-0.39, 0.29) is 5.82 Å². The van der Waals surface area contributed by atoms with Gasteiger partial charge in [0.1, 0.15) is 5.82 Å². The molecule has 0 bridgehead atoms. The smallest absolute Gasteiger partial charge is 0.178 e. The molecule has 1 aromatic heterocycles. The van der Waals surface area contributed by atoms with E-state index < -0.39 is 0 Å². The number of aromatic amines is 1. The van der Waals surface area contributed by atoms with Gasteiger partial charge < -0.3 is 9.55 Å². The zero-order valence-corrected chi connectivity index (χ0v) is 13.1. The maximum atomic E-state index is 13.7. The largest absolute Gasteiger partial charge is 0.330 e. The zero-order valence-electron chi connectivity index (χ0n) is 12.2. The molecule has 0 amide bonds. The van der Waals surface area contributed by atoms with Crippen molar-refractivity contribution in [3.63, 3.8) is 0 Å². The third-order valence-corrected chi connectivity index (χ3v) is 4.81. The Bertz CT molecular complexity index is 690. The van der Waals surface area contributed by atoms with Gasteiger partial charge in [-0.05, 0) is 67.9 Å². The number of aromatic nitrogens is 2. The number of halogens is 1. The van der Waals surface area contributed by atoms with Gasteiger partial charge in [-0.25, -0.2) is 4.39 Å². The molecule has 0 aliphatic heterocycles. The van der Waals surface area contributed by atoms with Crippen LogP contribution in [0.5, 0.6) is 0 Å². The molecule has 1 N–H and O–H groups in total. The molecule has 4 heteroatoms. The van der Waals surface area contributed by atoms with Crippen LogP contribution in [0.3, 0.4) is 0 Å². The Morgan fingerprint density at radius 2 is 1.85 bits per heavy atom. The Morgan fingerprint density at radius 3 is 2.50 bits per heavy atom. The Labute approximate surface area is 124 Å². The number of hydrogen-bond donors (Lipinski definition) is 1. The van der Waals surface area contributed by atoms with Crippen LogP contribution in [0.25, 0.3) is 11.0 Å². The first kappa shape index (κ1) is 13.8. The molecular formula is C16H21FN2S. The fourth-order valence-corrected chi connectivity index (χ4v) is 4.09. The Kier molecular flexibility index (Phi) is 3.44. The van der Waals surface area contributed by atoms with E-state index in [9.17, 15) is 4.39 Å². The van der Waals surface area contributed by atoms with Crippen LogP contribution in [0.1, 0.15) is 44.7 Å². The van der Waals surface area contributed by atoms with Crippen molar-refractivity contribution in [2.24, 2.45) is 11.8 Å². The highest BCUT2D eigenvalue weighted by Gasteiger charge is 2.26. The van der Waals surface area contributed by atoms with Gasteiger partial charge in [-0.1, -0.05) is 13.8 Å². The molecule has 0 spiro atoms. The monoisotopic (exact) mass is 292 g/mol. The van der Waals surface area contributed by atoms with E-state index in [0.29, 0.717) is 11.6 Å². The van der Waals surface area contributed by atoms with Crippen LogP contribution in [-0.4, -0.2) is 9.55 Å². The van der Waals surface area contributed by atoms with Crippen molar-refractivity contribution < 1.29 is 4.39 Å². The normalized spacial score (nSPS) is 27.1. The van der Waals surface area contributed by atoms with E-state index in [4.69, 9.17) is 12.2 Å². The predicted octanol–water partition coefficient (Wildman–Crippen LogP) is 5.14. The molecule has 2 nitrogen and oxygen atoms in total. The summed E-state index contributed by atoms with van der Waals surface area (Å²) in [6, 6.07) is 3.91. The predicted molar refractivity (Wildman–Crippen MR) is 83.0 cm³/mol. The van der Waals surface area contributed by atoms with Gasteiger partial charge in [0, 0.05) is 6.04 Å². The summed E-state index contributed by atoms with van der Waals surface area (Å²) in [4.78, 5) is 3.16. The standard InChI is InChI=1S/C16H21FN2S/c1-9-4-10(2)6-12(5-9)19-15-7-11(3)13(17)8-14(15)18-16(19)20/h7-10,12H,4-6H2,1-3H3,(H,18,20). The van der Waals surface area contributed by atoms with E-state index in [0.717, 1.165) is 40.5 Å². The first-order chi connectivity index (χ1) is 9.45. The maximum Gasteiger partial charge on any atom is 0.178 e. The quantitative estimate of drug-likeness (QED) is 0.721. The van der Waals surface area contributed by atoms with E-state index in [1.165, 1.54) is 6.42 Å². The number of nitrogens with one attached hydrogen (secondary N) is 1. The summed E-state index contributed by atoms with van der Waals surface area (Å²) in [5.41, 5.74) is 2.53. The molecular weight excluding hydrogens is 271 g/mol. The van der Waals surface area contributed by atoms with Gasteiger partial charge in [-0.15, -0.1) is 0 Å². The van der Waals surface area contributed by atoms with Gasteiger partial charge in [-0.3, -0.25) is 0 Å². The summed E-state index contributed by atoms with van der Waals surface area (Å²) in [7, 11) is 0. The number of hydrogen-bond acceptors (Lipinski definition) is 1. The average Bonchev–Trinajstić information content (AvgIpc) is 2.64. The molecule has 2 atom stereocenters. The van der Waals surface area contributed by atoms with Gasteiger partial charge in [0.05, 0.1) is 11.0 Å². The first-order valence-electron chi connectivity index (χ1n) is 7.36. The molecule has 1 saturated carbocycles. The Morgan fingerprint density at radius 1 is 1.20 bits per heavy atom. The number of imidazole rings is 1. The summed E-state index contributed by atoms with van der Waals surface area (Å²) in [6.07, 6.45) is 3.60. The SMILES string of the molecule is Cc1cc2c(cc1F)[nH]c(=S)n2C1CC(C)CC(C)C1. The lowest BCUT2D eigenvalue weighted by molar-refractivity contribution is 0.223. The van der Waals surface area contributed by atoms with E-state index in [1.54, 1.807) is 13.0 Å². The summed E-state index contributed by atoms with van der Waals surface area (Å²) in [6.45, 7) is 6.43. The molecule has 2 aromatic rings. The van der Waals surface area contributed by atoms with Crippen LogP contribution in [0.2, 0.25) is 0 Å². The number of nitrogens with zero attached hydrogens (tertiary/aromatic N) is 1. The molecule has 1 aliphatic rings. The van der Waals surface area contributed by atoms with Gasteiger partial charge >= 0.3 is 0 Å².